The maximum atomic E-state index is 13.9. The molecule has 1 spiro atoms. The number of imide groups is 1. The van der Waals surface area contributed by atoms with Gasteiger partial charge < -0.3 is 4.74 Å². The van der Waals surface area contributed by atoms with Gasteiger partial charge in [0.15, 0.2) is 0 Å². The summed E-state index contributed by atoms with van der Waals surface area (Å²) < 4.78 is 20.1. The Morgan fingerprint density at radius 3 is 2.09 bits per heavy atom. The first-order valence-corrected chi connectivity index (χ1v) is 11.0. The van der Waals surface area contributed by atoms with Gasteiger partial charge in [-0.2, -0.15) is 0 Å². The molecule has 6 rings (SSSR count). The quantitative estimate of drug-likeness (QED) is 0.410. The van der Waals surface area contributed by atoms with E-state index in [0.717, 1.165) is 11.0 Å². The number of hydrogen-bond acceptors (Lipinski definition) is 5. The van der Waals surface area contributed by atoms with E-state index in [9.17, 15) is 23.6 Å². The molecule has 3 aliphatic rings. The van der Waals surface area contributed by atoms with Crippen LogP contribution in [0.3, 0.4) is 0 Å². The van der Waals surface area contributed by atoms with Crippen molar-refractivity contribution in [1.82, 2.24) is 0 Å². The average Bonchev–Trinajstić information content (AvgIpc) is 3.40. The Bertz CT molecular complexity index is 1380. The van der Waals surface area contributed by atoms with Crippen molar-refractivity contribution in [3.8, 4) is 0 Å². The molecule has 3 aromatic carbocycles. The average molecular weight is 476 g/mol. The first-order valence-electron chi connectivity index (χ1n) is 10.6. The molecular weight excluding hydrogens is 461 g/mol. The molecule has 2 amide bonds. The van der Waals surface area contributed by atoms with Gasteiger partial charge in [-0.1, -0.05) is 54.1 Å². The fourth-order valence-corrected chi connectivity index (χ4v) is 5.47. The van der Waals surface area contributed by atoms with Crippen molar-refractivity contribution in [3.05, 3.63) is 100 Å². The molecule has 0 aromatic heterocycles. The molecule has 2 heterocycles. The standard InChI is InChI=1S/C26H15ClFNO5/c27-14-10-8-13(9-11-14)21-19-20(25(33)29(24(19)32)16-5-3-4-15(28)12-16)26(34-21)22(30)17-6-1-2-7-18(17)23(26)31/h1-12,19-21H/t19-,20+,21-/m0/s1. The molecule has 2 saturated heterocycles. The molecule has 0 bridgehead atoms. The first-order chi connectivity index (χ1) is 16.3. The summed E-state index contributed by atoms with van der Waals surface area (Å²) in [5.74, 6) is -5.91. The molecule has 0 radical (unpaired) electrons. The van der Waals surface area contributed by atoms with E-state index < -0.39 is 52.7 Å². The second-order valence-electron chi connectivity index (χ2n) is 8.52. The summed E-state index contributed by atoms with van der Waals surface area (Å²) in [7, 11) is 0. The van der Waals surface area contributed by atoms with Crippen molar-refractivity contribution in [1.29, 1.82) is 0 Å². The topological polar surface area (TPSA) is 80.8 Å². The maximum absolute atomic E-state index is 13.9. The Labute approximate surface area is 197 Å². The SMILES string of the molecule is O=C1[C@@H]2[C@H](c3ccc(Cl)cc3)OC3(C(=O)c4ccccc4C3=O)[C@H]2C(=O)N1c1cccc(F)c1. The predicted octanol–water partition coefficient (Wildman–Crippen LogP) is 4.17. The zero-order valence-electron chi connectivity index (χ0n) is 17.4. The molecule has 6 nitrogen and oxygen atoms in total. The summed E-state index contributed by atoms with van der Waals surface area (Å²) in [4.78, 5) is 55.5. The third kappa shape index (κ3) is 2.59. The van der Waals surface area contributed by atoms with Crippen LogP contribution < -0.4 is 4.90 Å². The minimum Gasteiger partial charge on any atom is -0.349 e. The minimum absolute atomic E-state index is 0.0322. The number of ketones is 2. The summed E-state index contributed by atoms with van der Waals surface area (Å²) in [6.07, 6.45) is -1.06. The summed E-state index contributed by atoms with van der Waals surface area (Å²) in [6.45, 7) is 0. The van der Waals surface area contributed by atoms with E-state index in [1.54, 1.807) is 36.4 Å². The highest BCUT2D eigenvalue weighted by molar-refractivity contribution is 6.37. The smallest absolute Gasteiger partial charge is 0.241 e. The Balaban J connectivity index is 1.55. The number of Topliss-reactive ketones (excluding diaryl/α,β-unsaturated/α-hetero) is 2. The van der Waals surface area contributed by atoms with Gasteiger partial charge in [-0.05, 0) is 35.9 Å². The van der Waals surface area contributed by atoms with Gasteiger partial charge in [-0.25, -0.2) is 9.29 Å². The summed E-state index contributed by atoms with van der Waals surface area (Å²) in [6, 6.07) is 17.8. The van der Waals surface area contributed by atoms with Crippen LogP contribution in [0.2, 0.25) is 5.02 Å². The van der Waals surface area contributed by atoms with Crippen LogP contribution in [0.5, 0.6) is 0 Å². The van der Waals surface area contributed by atoms with E-state index in [1.807, 2.05) is 0 Å². The molecule has 2 fully saturated rings. The van der Waals surface area contributed by atoms with Crippen LogP contribution in [0, 0.1) is 17.7 Å². The summed E-state index contributed by atoms with van der Waals surface area (Å²) in [5.41, 5.74) is -1.35. The Hall–Kier alpha value is -3.68. The van der Waals surface area contributed by atoms with E-state index in [-0.39, 0.29) is 16.8 Å². The minimum atomic E-state index is -2.17. The number of carbonyl (C=O) groups is 4. The molecule has 2 aliphatic heterocycles. The largest absolute Gasteiger partial charge is 0.349 e. The lowest BCUT2D eigenvalue weighted by atomic mass is 9.77. The molecule has 0 unspecified atom stereocenters. The third-order valence-electron chi connectivity index (χ3n) is 6.78. The van der Waals surface area contributed by atoms with Gasteiger partial charge in [-0.15, -0.1) is 0 Å². The number of carbonyl (C=O) groups excluding carboxylic acids is 4. The van der Waals surface area contributed by atoms with Crippen LogP contribution in [0.4, 0.5) is 10.1 Å². The van der Waals surface area contributed by atoms with E-state index in [2.05, 4.69) is 0 Å². The second kappa shape index (κ2) is 7.16. The predicted molar refractivity (Wildman–Crippen MR) is 119 cm³/mol. The molecule has 0 saturated carbocycles. The number of fused-ring (bicyclic) bond motifs is 3. The zero-order valence-corrected chi connectivity index (χ0v) is 18.2. The molecule has 3 atom stereocenters. The second-order valence-corrected chi connectivity index (χ2v) is 8.96. The van der Waals surface area contributed by atoms with Gasteiger partial charge in [0.05, 0.1) is 23.6 Å². The van der Waals surface area contributed by atoms with Crippen LogP contribution in [-0.4, -0.2) is 29.0 Å². The Morgan fingerprint density at radius 1 is 0.824 bits per heavy atom. The number of rotatable bonds is 2. The first kappa shape index (κ1) is 20.9. The van der Waals surface area contributed by atoms with Crippen LogP contribution in [0.15, 0.2) is 72.8 Å². The highest BCUT2D eigenvalue weighted by Gasteiger charge is 2.74. The van der Waals surface area contributed by atoms with Crippen LogP contribution >= 0.6 is 11.6 Å². The monoisotopic (exact) mass is 475 g/mol. The normalized spacial score (nSPS) is 24.8. The lowest BCUT2D eigenvalue weighted by molar-refractivity contribution is -0.127. The van der Waals surface area contributed by atoms with Crippen molar-refractivity contribution < 1.29 is 28.3 Å². The van der Waals surface area contributed by atoms with Gasteiger partial charge in [-0.3, -0.25) is 19.2 Å². The number of hydrogen-bond donors (Lipinski definition) is 0. The molecular formula is C26H15ClFNO5. The van der Waals surface area contributed by atoms with E-state index in [1.165, 1.54) is 30.3 Å². The van der Waals surface area contributed by atoms with E-state index in [4.69, 9.17) is 16.3 Å². The summed E-state index contributed by atoms with van der Waals surface area (Å²) >= 11 is 6.01. The number of amides is 2. The lowest BCUT2D eigenvalue weighted by Crippen LogP contribution is -2.51. The maximum Gasteiger partial charge on any atom is 0.241 e. The fourth-order valence-electron chi connectivity index (χ4n) is 5.34. The van der Waals surface area contributed by atoms with Gasteiger partial charge in [0, 0.05) is 16.1 Å². The van der Waals surface area contributed by atoms with Crippen molar-refractivity contribution in [2.24, 2.45) is 11.8 Å². The van der Waals surface area contributed by atoms with Crippen LogP contribution in [0.25, 0.3) is 0 Å². The molecule has 168 valence electrons. The van der Waals surface area contributed by atoms with Crippen LogP contribution in [0.1, 0.15) is 32.4 Å². The van der Waals surface area contributed by atoms with Gasteiger partial charge >= 0.3 is 0 Å². The highest BCUT2D eigenvalue weighted by atomic mass is 35.5. The third-order valence-corrected chi connectivity index (χ3v) is 7.04. The van der Waals surface area contributed by atoms with Crippen LogP contribution in [-0.2, 0) is 14.3 Å². The summed E-state index contributed by atoms with van der Waals surface area (Å²) in [5, 5.41) is 0.448. The molecule has 1 aliphatic carbocycles. The number of anilines is 1. The number of benzene rings is 3. The Morgan fingerprint density at radius 2 is 1.47 bits per heavy atom. The van der Waals surface area contributed by atoms with Crippen molar-refractivity contribution in [2.75, 3.05) is 4.90 Å². The van der Waals surface area contributed by atoms with E-state index in [0.29, 0.717) is 10.6 Å². The number of ether oxygens (including phenoxy) is 1. The van der Waals surface area contributed by atoms with Gasteiger partial charge in [0.1, 0.15) is 5.82 Å². The van der Waals surface area contributed by atoms with Crippen molar-refractivity contribution in [3.63, 3.8) is 0 Å². The molecule has 34 heavy (non-hydrogen) atoms. The number of halogens is 2. The molecule has 8 heteroatoms. The highest BCUT2D eigenvalue weighted by Crippen LogP contribution is 2.57. The number of nitrogens with zero attached hydrogens (tertiary/aromatic N) is 1. The van der Waals surface area contributed by atoms with Gasteiger partial charge in [0.25, 0.3) is 0 Å². The van der Waals surface area contributed by atoms with Gasteiger partial charge in [0.2, 0.25) is 29.0 Å². The molecule has 0 N–H and O–H groups in total. The van der Waals surface area contributed by atoms with Crippen molar-refractivity contribution >= 4 is 40.7 Å². The Kier molecular flexibility index (Phi) is 4.40. The zero-order chi connectivity index (χ0) is 23.8. The molecule has 3 aromatic rings. The fraction of sp³-hybridized carbons (Fsp3) is 0.154. The lowest BCUT2D eigenvalue weighted by Gasteiger charge is -2.27. The van der Waals surface area contributed by atoms with E-state index >= 15 is 0 Å². The van der Waals surface area contributed by atoms with Crippen molar-refractivity contribution in [2.45, 2.75) is 11.7 Å².